The van der Waals surface area contributed by atoms with Crippen LogP contribution in [0.3, 0.4) is 0 Å². The van der Waals surface area contributed by atoms with Crippen LogP contribution in [0.5, 0.6) is 0 Å². The molecule has 0 aliphatic heterocycles. The summed E-state index contributed by atoms with van der Waals surface area (Å²) >= 11 is 5.18. The molecule has 0 aliphatic rings. The van der Waals surface area contributed by atoms with E-state index in [1.54, 1.807) is 6.07 Å². The van der Waals surface area contributed by atoms with Gasteiger partial charge in [-0.1, -0.05) is 24.3 Å². The number of para-hydroxylation sites is 1. The maximum Gasteiger partial charge on any atom is 0.175 e. The maximum atomic E-state index is 13.1. The SMILES string of the molecule is Cc1ccc(F)cc1NC(=S)Nc1ccccc1. The van der Waals surface area contributed by atoms with Crippen molar-refractivity contribution in [1.82, 2.24) is 0 Å². The molecule has 0 aliphatic carbocycles. The van der Waals surface area contributed by atoms with Crippen molar-refractivity contribution in [2.75, 3.05) is 10.6 Å². The molecule has 92 valence electrons. The molecule has 0 saturated carbocycles. The van der Waals surface area contributed by atoms with Crippen LogP contribution < -0.4 is 10.6 Å². The minimum absolute atomic E-state index is 0.286. The molecule has 2 aromatic rings. The highest BCUT2D eigenvalue weighted by molar-refractivity contribution is 7.80. The first-order valence-electron chi connectivity index (χ1n) is 5.54. The zero-order valence-electron chi connectivity index (χ0n) is 9.91. The van der Waals surface area contributed by atoms with Crippen LogP contribution in [0.4, 0.5) is 15.8 Å². The highest BCUT2D eigenvalue weighted by Gasteiger charge is 2.03. The molecule has 4 heteroatoms. The van der Waals surface area contributed by atoms with Gasteiger partial charge in [0.1, 0.15) is 5.82 Å². The van der Waals surface area contributed by atoms with Gasteiger partial charge in [-0.15, -0.1) is 0 Å². The number of rotatable bonds is 2. The highest BCUT2D eigenvalue weighted by atomic mass is 32.1. The lowest BCUT2D eigenvalue weighted by molar-refractivity contribution is 0.628. The minimum atomic E-state index is -0.286. The lowest BCUT2D eigenvalue weighted by Gasteiger charge is -2.12. The fourth-order valence-electron chi connectivity index (χ4n) is 1.54. The Morgan fingerprint density at radius 3 is 2.50 bits per heavy atom. The second-order valence-electron chi connectivity index (χ2n) is 3.90. The molecule has 0 amide bonds. The zero-order chi connectivity index (χ0) is 13.0. The van der Waals surface area contributed by atoms with Crippen LogP contribution in [0, 0.1) is 12.7 Å². The summed E-state index contributed by atoms with van der Waals surface area (Å²) in [5, 5.41) is 6.45. The highest BCUT2D eigenvalue weighted by Crippen LogP contribution is 2.16. The largest absolute Gasteiger partial charge is 0.332 e. The number of thiocarbonyl (C=S) groups is 1. The smallest absolute Gasteiger partial charge is 0.175 e. The van der Waals surface area contributed by atoms with Crippen molar-refractivity contribution >= 4 is 28.7 Å². The molecule has 0 heterocycles. The summed E-state index contributed by atoms with van der Waals surface area (Å²) in [6, 6.07) is 14.1. The molecule has 0 unspecified atom stereocenters. The zero-order valence-corrected chi connectivity index (χ0v) is 10.7. The first kappa shape index (κ1) is 12.5. The van der Waals surface area contributed by atoms with Gasteiger partial charge in [0.05, 0.1) is 0 Å². The Hall–Kier alpha value is -1.94. The number of halogens is 1. The van der Waals surface area contributed by atoms with Gasteiger partial charge in [-0.05, 0) is 49.0 Å². The van der Waals surface area contributed by atoms with Gasteiger partial charge in [-0.25, -0.2) is 4.39 Å². The van der Waals surface area contributed by atoms with E-state index in [2.05, 4.69) is 10.6 Å². The Labute approximate surface area is 111 Å². The van der Waals surface area contributed by atoms with Crippen molar-refractivity contribution < 1.29 is 4.39 Å². The monoisotopic (exact) mass is 260 g/mol. The summed E-state index contributed by atoms with van der Waals surface area (Å²) in [6.07, 6.45) is 0. The number of nitrogens with one attached hydrogen (secondary N) is 2. The lowest BCUT2D eigenvalue weighted by Crippen LogP contribution is -2.19. The molecule has 0 radical (unpaired) electrons. The van der Waals surface area contributed by atoms with Gasteiger partial charge >= 0.3 is 0 Å². The summed E-state index contributed by atoms with van der Waals surface area (Å²) in [7, 11) is 0. The Kier molecular flexibility index (Phi) is 3.89. The quantitative estimate of drug-likeness (QED) is 0.800. The summed E-state index contributed by atoms with van der Waals surface area (Å²) in [5.41, 5.74) is 2.50. The number of benzene rings is 2. The number of hydrogen-bond donors (Lipinski definition) is 2. The van der Waals surface area contributed by atoms with Crippen LogP contribution in [0.25, 0.3) is 0 Å². The van der Waals surface area contributed by atoms with E-state index in [0.717, 1.165) is 11.3 Å². The molecule has 2 nitrogen and oxygen atoms in total. The number of hydrogen-bond acceptors (Lipinski definition) is 1. The van der Waals surface area contributed by atoms with Gasteiger partial charge in [0.15, 0.2) is 5.11 Å². The molecule has 0 bridgehead atoms. The van der Waals surface area contributed by atoms with Crippen LogP contribution in [-0.2, 0) is 0 Å². The van der Waals surface area contributed by atoms with Crippen LogP contribution in [0.2, 0.25) is 0 Å². The molecule has 0 fully saturated rings. The third kappa shape index (κ3) is 3.28. The van der Waals surface area contributed by atoms with E-state index >= 15 is 0 Å². The Bertz CT molecular complexity index is 555. The Morgan fingerprint density at radius 2 is 1.78 bits per heavy atom. The molecule has 0 saturated heterocycles. The molecule has 18 heavy (non-hydrogen) atoms. The van der Waals surface area contributed by atoms with Crippen LogP contribution >= 0.6 is 12.2 Å². The summed E-state index contributed by atoms with van der Waals surface area (Å²) in [6.45, 7) is 1.90. The van der Waals surface area contributed by atoms with Gasteiger partial charge in [-0.2, -0.15) is 0 Å². The van der Waals surface area contributed by atoms with Crippen LogP contribution in [-0.4, -0.2) is 5.11 Å². The van der Waals surface area contributed by atoms with Crippen molar-refractivity contribution in [1.29, 1.82) is 0 Å². The molecular weight excluding hydrogens is 247 g/mol. The van der Waals surface area contributed by atoms with Crippen LogP contribution in [0.1, 0.15) is 5.56 Å². The third-order valence-corrected chi connectivity index (χ3v) is 2.68. The summed E-state index contributed by atoms with van der Waals surface area (Å²) in [5.74, 6) is -0.286. The van der Waals surface area contributed by atoms with E-state index in [-0.39, 0.29) is 5.82 Å². The standard InChI is InChI=1S/C14H13FN2S/c1-10-7-8-11(15)9-13(10)17-14(18)16-12-5-3-2-4-6-12/h2-9H,1H3,(H2,16,17,18). The van der Waals surface area contributed by atoms with Crippen molar-refractivity contribution in [3.63, 3.8) is 0 Å². The summed E-state index contributed by atoms with van der Waals surface area (Å²) < 4.78 is 13.1. The van der Waals surface area contributed by atoms with Gasteiger partial charge in [0.25, 0.3) is 0 Å². The fraction of sp³-hybridized carbons (Fsp3) is 0.0714. The van der Waals surface area contributed by atoms with Crippen molar-refractivity contribution in [2.45, 2.75) is 6.92 Å². The average Bonchev–Trinajstić information content (AvgIpc) is 2.35. The van der Waals surface area contributed by atoms with E-state index in [4.69, 9.17) is 12.2 Å². The van der Waals surface area contributed by atoms with E-state index < -0.39 is 0 Å². The molecule has 2 rings (SSSR count). The Balaban J connectivity index is 2.05. The average molecular weight is 260 g/mol. The van der Waals surface area contributed by atoms with Crippen molar-refractivity contribution in [3.8, 4) is 0 Å². The number of anilines is 2. The van der Waals surface area contributed by atoms with Gasteiger partial charge in [-0.3, -0.25) is 0 Å². The van der Waals surface area contributed by atoms with E-state index in [0.29, 0.717) is 10.8 Å². The van der Waals surface area contributed by atoms with Gasteiger partial charge in [0.2, 0.25) is 0 Å². The lowest BCUT2D eigenvalue weighted by atomic mass is 10.2. The molecule has 2 aromatic carbocycles. The second kappa shape index (κ2) is 5.60. The first-order chi connectivity index (χ1) is 8.65. The van der Waals surface area contributed by atoms with Gasteiger partial charge < -0.3 is 10.6 Å². The predicted molar refractivity (Wildman–Crippen MR) is 77.4 cm³/mol. The molecule has 0 atom stereocenters. The predicted octanol–water partition coefficient (Wildman–Crippen LogP) is 3.94. The van der Waals surface area contributed by atoms with Crippen LogP contribution in [0.15, 0.2) is 48.5 Å². The summed E-state index contributed by atoms with van der Waals surface area (Å²) in [4.78, 5) is 0. The van der Waals surface area contributed by atoms with Crippen molar-refractivity contribution in [2.24, 2.45) is 0 Å². The van der Waals surface area contributed by atoms with E-state index in [1.165, 1.54) is 12.1 Å². The topological polar surface area (TPSA) is 24.1 Å². The molecule has 2 N–H and O–H groups in total. The first-order valence-corrected chi connectivity index (χ1v) is 5.95. The minimum Gasteiger partial charge on any atom is -0.332 e. The molecular formula is C14H13FN2S. The Morgan fingerprint density at radius 1 is 1.06 bits per heavy atom. The molecule has 0 aromatic heterocycles. The molecule has 0 spiro atoms. The normalized spacial score (nSPS) is 9.89. The van der Waals surface area contributed by atoms with Gasteiger partial charge in [0, 0.05) is 11.4 Å². The maximum absolute atomic E-state index is 13.1. The van der Waals surface area contributed by atoms with E-state index in [9.17, 15) is 4.39 Å². The fourth-order valence-corrected chi connectivity index (χ4v) is 1.76. The third-order valence-electron chi connectivity index (χ3n) is 2.48. The number of aryl methyl sites for hydroxylation is 1. The second-order valence-corrected chi connectivity index (χ2v) is 4.31. The van der Waals surface area contributed by atoms with E-state index in [1.807, 2.05) is 37.3 Å². The van der Waals surface area contributed by atoms with Crippen molar-refractivity contribution in [3.05, 3.63) is 59.9 Å².